The van der Waals surface area contributed by atoms with Gasteiger partial charge in [0.25, 0.3) is 5.91 Å². The maximum Gasteiger partial charge on any atom is 0.326 e. The average molecular weight is 293 g/mol. The minimum absolute atomic E-state index is 0.201. The minimum atomic E-state index is -1.05. The van der Waals surface area contributed by atoms with Crippen molar-refractivity contribution in [2.24, 2.45) is 5.41 Å². The molecule has 1 rings (SSSR count). The van der Waals surface area contributed by atoms with E-state index in [1.807, 2.05) is 25.1 Å². The highest BCUT2D eigenvalue weighted by atomic mass is 16.5. The number of rotatable bonds is 6. The van der Waals surface area contributed by atoms with E-state index in [0.29, 0.717) is 5.75 Å². The molecule has 0 saturated carbocycles. The molecule has 0 aliphatic heterocycles. The zero-order chi connectivity index (χ0) is 16.0. The topological polar surface area (TPSA) is 75.6 Å². The molecule has 2 N–H and O–H groups in total. The van der Waals surface area contributed by atoms with Crippen LogP contribution < -0.4 is 10.1 Å². The van der Waals surface area contributed by atoms with E-state index in [4.69, 9.17) is 9.84 Å². The zero-order valence-electron chi connectivity index (χ0n) is 13.0. The number of carboxylic acid groups (broad SMARTS) is 1. The second kappa shape index (κ2) is 7.11. The van der Waals surface area contributed by atoms with Crippen LogP contribution in [0.2, 0.25) is 0 Å². The third-order valence-electron chi connectivity index (χ3n) is 3.09. The summed E-state index contributed by atoms with van der Waals surface area (Å²) in [6.45, 7) is 7.12. The number of hydrogen-bond acceptors (Lipinski definition) is 3. The molecule has 0 aliphatic carbocycles. The van der Waals surface area contributed by atoms with Gasteiger partial charge in [0.15, 0.2) is 6.61 Å². The van der Waals surface area contributed by atoms with Gasteiger partial charge in [-0.05, 0) is 29.5 Å². The van der Waals surface area contributed by atoms with Gasteiger partial charge in [-0.2, -0.15) is 0 Å². The van der Waals surface area contributed by atoms with Crippen molar-refractivity contribution in [2.75, 3.05) is 6.61 Å². The van der Waals surface area contributed by atoms with Crippen LogP contribution in [0.25, 0.3) is 0 Å². The second-order valence-electron chi connectivity index (χ2n) is 5.99. The van der Waals surface area contributed by atoms with Gasteiger partial charge in [0, 0.05) is 0 Å². The van der Waals surface area contributed by atoms with Gasteiger partial charge in [0.2, 0.25) is 0 Å². The van der Waals surface area contributed by atoms with Gasteiger partial charge in [0.05, 0.1) is 0 Å². The maximum absolute atomic E-state index is 11.8. The Balaban J connectivity index is 2.59. The van der Waals surface area contributed by atoms with Crippen molar-refractivity contribution in [1.82, 2.24) is 5.32 Å². The van der Waals surface area contributed by atoms with Crippen molar-refractivity contribution < 1.29 is 19.4 Å². The largest absolute Gasteiger partial charge is 0.484 e. The number of aryl methyl sites for hydroxylation is 1. The molecule has 116 valence electrons. The molecular formula is C16H23NO4. The number of nitrogens with one attached hydrogen (secondary N) is 1. The van der Waals surface area contributed by atoms with Crippen molar-refractivity contribution in [3.63, 3.8) is 0 Å². The van der Waals surface area contributed by atoms with Gasteiger partial charge in [-0.1, -0.05) is 39.8 Å². The van der Waals surface area contributed by atoms with Crippen molar-refractivity contribution >= 4 is 11.9 Å². The van der Waals surface area contributed by atoms with Gasteiger partial charge in [-0.25, -0.2) is 4.79 Å². The van der Waals surface area contributed by atoms with Gasteiger partial charge in [0.1, 0.15) is 11.8 Å². The molecule has 0 heterocycles. The lowest BCUT2D eigenvalue weighted by molar-refractivity contribution is -0.145. The summed E-state index contributed by atoms with van der Waals surface area (Å²) in [6.07, 6.45) is 0.883. The quantitative estimate of drug-likeness (QED) is 0.843. The molecule has 5 heteroatoms. The summed E-state index contributed by atoms with van der Waals surface area (Å²) in [5, 5.41) is 11.6. The Morgan fingerprint density at radius 2 is 2.00 bits per heavy atom. The summed E-state index contributed by atoms with van der Waals surface area (Å²) in [5.74, 6) is -0.893. The Bertz CT molecular complexity index is 505. The third kappa shape index (κ3) is 5.45. The Morgan fingerprint density at radius 1 is 1.33 bits per heavy atom. The second-order valence-corrected chi connectivity index (χ2v) is 5.99. The molecule has 0 spiro atoms. The number of hydrogen-bond donors (Lipinski definition) is 2. The van der Waals surface area contributed by atoms with E-state index in [1.54, 1.807) is 26.8 Å². The predicted octanol–water partition coefficient (Wildman–Crippen LogP) is 2.24. The monoisotopic (exact) mass is 293 g/mol. The lowest BCUT2D eigenvalue weighted by atomic mass is 9.87. The van der Waals surface area contributed by atoms with Crippen LogP contribution in [0.5, 0.6) is 5.75 Å². The first-order valence-corrected chi connectivity index (χ1v) is 6.98. The highest BCUT2D eigenvalue weighted by molar-refractivity contribution is 5.84. The molecule has 1 aromatic rings. The first-order chi connectivity index (χ1) is 9.74. The van der Waals surface area contributed by atoms with Crippen LogP contribution in [-0.4, -0.2) is 29.6 Å². The normalized spacial score (nSPS) is 12.6. The Kier molecular flexibility index (Phi) is 5.76. The Labute approximate surface area is 125 Å². The minimum Gasteiger partial charge on any atom is -0.484 e. The van der Waals surface area contributed by atoms with Crippen LogP contribution in [0.4, 0.5) is 0 Å². The molecule has 0 unspecified atom stereocenters. The molecule has 0 aliphatic rings. The highest BCUT2D eigenvalue weighted by Crippen LogP contribution is 2.19. The molecule has 1 atom stereocenters. The number of carbonyl (C=O) groups is 2. The molecule has 21 heavy (non-hydrogen) atoms. The van der Waals surface area contributed by atoms with E-state index in [1.165, 1.54) is 0 Å². The van der Waals surface area contributed by atoms with Crippen LogP contribution in [0, 0.1) is 5.41 Å². The zero-order valence-corrected chi connectivity index (χ0v) is 13.0. The Hall–Kier alpha value is -2.04. The van der Waals surface area contributed by atoms with Gasteiger partial charge < -0.3 is 15.2 Å². The summed E-state index contributed by atoms with van der Waals surface area (Å²) < 4.78 is 5.40. The van der Waals surface area contributed by atoms with Gasteiger partial charge in [-0.3, -0.25) is 4.79 Å². The van der Waals surface area contributed by atoms with Gasteiger partial charge >= 0.3 is 5.97 Å². The smallest absolute Gasteiger partial charge is 0.326 e. The van der Waals surface area contributed by atoms with E-state index in [0.717, 1.165) is 12.0 Å². The number of aliphatic carboxylic acids is 1. The predicted molar refractivity (Wildman–Crippen MR) is 80.3 cm³/mol. The summed E-state index contributed by atoms with van der Waals surface area (Å²) in [7, 11) is 0. The Morgan fingerprint density at radius 3 is 2.52 bits per heavy atom. The SMILES string of the molecule is CCc1cccc(OCC(=O)N[C@@H](C(=O)O)C(C)(C)C)c1. The summed E-state index contributed by atoms with van der Waals surface area (Å²) in [5.41, 5.74) is 0.551. The van der Waals surface area contributed by atoms with Crippen molar-refractivity contribution in [3.05, 3.63) is 29.8 Å². The maximum atomic E-state index is 11.8. The van der Waals surface area contributed by atoms with Gasteiger partial charge in [-0.15, -0.1) is 0 Å². The lowest BCUT2D eigenvalue weighted by Gasteiger charge is -2.27. The van der Waals surface area contributed by atoms with Crippen LogP contribution >= 0.6 is 0 Å². The number of benzene rings is 1. The molecule has 0 saturated heterocycles. The molecule has 5 nitrogen and oxygen atoms in total. The van der Waals surface area contributed by atoms with Crippen molar-refractivity contribution in [3.8, 4) is 5.75 Å². The number of carbonyl (C=O) groups excluding carboxylic acids is 1. The molecule has 0 radical (unpaired) electrons. The van der Waals surface area contributed by atoms with Crippen LogP contribution in [0.1, 0.15) is 33.3 Å². The standard InChI is InChI=1S/C16H23NO4/c1-5-11-7-6-8-12(9-11)21-10-13(18)17-14(15(19)20)16(2,3)4/h6-9,14H,5,10H2,1-4H3,(H,17,18)(H,19,20)/t14-/m0/s1. The summed E-state index contributed by atoms with van der Waals surface area (Å²) >= 11 is 0. The molecule has 1 aromatic carbocycles. The summed E-state index contributed by atoms with van der Waals surface area (Å²) in [4.78, 5) is 23.0. The van der Waals surface area contributed by atoms with Crippen molar-refractivity contribution in [1.29, 1.82) is 0 Å². The van der Waals surface area contributed by atoms with E-state index in [-0.39, 0.29) is 6.61 Å². The fraction of sp³-hybridized carbons (Fsp3) is 0.500. The first kappa shape index (κ1) is 17.0. The third-order valence-corrected chi connectivity index (χ3v) is 3.09. The lowest BCUT2D eigenvalue weighted by Crippen LogP contribution is -2.50. The average Bonchev–Trinajstić information content (AvgIpc) is 2.41. The summed E-state index contributed by atoms with van der Waals surface area (Å²) in [6, 6.07) is 6.53. The molecular weight excluding hydrogens is 270 g/mol. The number of carboxylic acids is 1. The number of amides is 1. The van der Waals surface area contributed by atoms with Crippen LogP contribution in [0.15, 0.2) is 24.3 Å². The van der Waals surface area contributed by atoms with Crippen LogP contribution in [-0.2, 0) is 16.0 Å². The fourth-order valence-electron chi connectivity index (χ4n) is 1.86. The fourth-order valence-corrected chi connectivity index (χ4v) is 1.86. The van der Waals surface area contributed by atoms with Crippen LogP contribution in [0.3, 0.4) is 0 Å². The molecule has 0 fully saturated rings. The van der Waals surface area contributed by atoms with E-state index in [2.05, 4.69) is 5.32 Å². The first-order valence-electron chi connectivity index (χ1n) is 6.98. The molecule has 0 aromatic heterocycles. The van der Waals surface area contributed by atoms with E-state index in [9.17, 15) is 9.59 Å². The van der Waals surface area contributed by atoms with E-state index >= 15 is 0 Å². The van der Waals surface area contributed by atoms with E-state index < -0.39 is 23.3 Å². The molecule has 0 bridgehead atoms. The van der Waals surface area contributed by atoms with Crippen molar-refractivity contribution in [2.45, 2.75) is 40.2 Å². The highest BCUT2D eigenvalue weighted by Gasteiger charge is 2.32. The molecule has 1 amide bonds. The number of ether oxygens (including phenoxy) is 1.